The molecule has 1 aliphatic heterocycles. The quantitative estimate of drug-likeness (QED) is 0.249. The number of aryl methyl sites for hydroxylation is 1. The Hall–Kier alpha value is -4.27. The van der Waals surface area contributed by atoms with Gasteiger partial charge in [-0.15, -0.1) is 0 Å². The van der Waals surface area contributed by atoms with Crippen molar-refractivity contribution >= 4 is 23.1 Å². The van der Waals surface area contributed by atoms with Crippen LogP contribution in [0.25, 0.3) is 11.3 Å². The molecule has 0 spiro atoms. The molecule has 2 heterocycles. The SMILES string of the molecule is Cc1c(NC(=O)c2ccc(C(C)(C)C)cc2)cccc1-c1cn(C)c(=O)c(Nc2cccc(CCN3CCCOCC3)c2)n1. The van der Waals surface area contributed by atoms with Crippen molar-refractivity contribution in [1.29, 1.82) is 0 Å². The third kappa shape index (κ3) is 7.62. The van der Waals surface area contributed by atoms with E-state index in [0.717, 1.165) is 62.5 Å². The Morgan fingerprint density at radius 3 is 2.55 bits per heavy atom. The zero-order valence-electron chi connectivity index (χ0n) is 26.4. The first-order chi connectivity index (χ1) is 21.1. The molecule has 0 aliphatic carbocycles. The van der Waals surface area contributed by atoms with E-state index in [-0.39, 0.29) is 22.7 Å². The lowest BCUT2D eigenvalue weighted by molar-refractivity contribution is 0.102. The van der Waals surface area contributed by atoms with E-state index in [1.165, 1.54) is 15.7 Å². The summed E-state index contributed by atoms with van der Waals surface area (Å²) in [6.07, 6.45) is 3.71. The van der Waals surface area contributed by atoms with Crippen molar-refractivity contribution < 1.29 is 9.53 Å². The number of amides is 1. The molecule has 1 saturated heterocycles. The molecule has 8 nitrogen and oxygen atoms in total. The van der Waals surface area contributed by atoms with Crippen LogP contribution in [0.15, 0.2) is 77.7 Å². The first-order valence-corrected chi connectivity index (χ1v) is 15.3. The number of anilines is 3. The Bertz CT molecular complexity index is 1660. The summed E-state index contributed by atoms with van der Waals surface area (Å²) in [4.78, 5) is 33.4. The summed E-state index contributed by atoms with van der Waals surface area (Å²) in [5.41, 5.74) is 6.61. The lowest BCUT2D eigenvalue weighted by Crippen LogP contribution is -2.28. The van der Waals surface area contributed by atoms with Crippen molar-refractivity contribution in [2.24, 2.45) is 7.05 Å². The van der Waals surface area contributed by atoms with Gasteiger partial charge in [-0.2, -0.15) is 0 Å². The number of nitrogens with one attached hydrogen (secondary N) is 2. The third-order valence-electron chi connectivity index (χ3n) is 8.16. The van der Waals surface area contributed by atoms with Gasteiger partial charge in [0.05, 0.1) is 12.3 Å². The van der Waals surface area contributed by atoms with E-state index in [2.05, 4.69) is 48.4 Å². The maximum absolute atomic E-state index is 13.1. The second-order valence-corrected chi connectivity index (χ2v) is 12.5. The lowest BCUT2D eigenvalue weighted by atomic mass is 9.86. The van der Waals surface area contributed by atoms with Crippen LogP contribution in [0.3, 0.4) is 0 Å². The van der Waals surface area contributed by atoms with E-state index in [1.54, 1.807) is 13.2 Å². The summed E-state index contributed by atoms with van der Waals surface area (Å²) in [7, 11) is 1.72. The Morgan fingerprint density at radius 2 is 1.77 bits per heavy atom. The fraction of sp³-hybridized carbons (Fsp3) is 0.361. The molecular weight excluding hydrogens is 550 g/mol. The molecule has 230 valence electrons. The van der Waals surface area contributed by atoms with Crippen LogP contribution in [0.5, 0.6) is 0 Å². The number of rotatable bonds is 8. The molecule has 1 fully saturated rings. The maximum Gasteiger partial charge on any atom is 0.293 e. The number of aromatic nitrogens is 2. The molecule has 8 heteroatoms. The number of hydrogen-bond donors (Lipinski definition) is 2. The molecule has 3 aromatic carbocycles. The Labute approximate surface area is 260 Å². The third-order valence-corrected chi connectivity index (χ3v) is 8.16. The molecule has 1 amide bonds. The monoisotopic (exact) mass is 593 g/mol. The molecule has 0 atom stereocenters. The molecular formula is C36H43N5O3. The molecule has 0 radical (unpaired) electrons. The number of benzene rings is 3. The zero-order chi connectivity index (χ0) is 31.3. The van der Waals surface area contributed by atoms with E-state index >= 15 is 0 Å². The standard InChI is InChI=1S/C36H43N5O3/c1-25-30(11-7-12-31(25)39-34(42)27-13-15-28(16-14-27)36(2,3)4)32-24-40(5)35(43)33(38-32)37-29-10-6-9-26(23-29)17-19-41-18-8-21-44-22-20-41/h6-7,9-16,23-24H,8,17-22H2,1-5H3,(H,37,38)(H,39,42). The average molecular weight is 594 g/mol. The van der Waals surface area contributed by atoms with Gasteiger partial charge >= 0.3 is 0 Å². The highest BCUT2D eigenvalue weighted by Gasteiger charge is 2.17. The van der Waals surface area contributed by atoms with Gasteiger partial charge in [0.1, 0.15) is 0 Å². The fourth-order valence-corrected chi connectivity index (χ4v) is 5.43. The smallest absolute Gasteiger partial charge is 0.293 e. The number of carbonyl (C=O) groups is 1. The largest absolute Gasteiger partial charge is 0.380 e. The predicted molar refractivity (Wildman–Crippen MR) is 178 cm³/mol. The number of ether oxygens (including phenoxy) is 1. The van der Waals surface area contributed by atoms with Crippen LogP contribution in [-0.2, 0) is 23.6 Å². The summed E-state index contributed by atoms with van der Waals surface area (Å²) in [6.45, 7) is 13.0. The maximum atomic E-state index is 13.1. The van der Waals surface area contributed by atoms with Gasteiger partial charge in [-0.25, -0.2) is 4.98 Å². The van der Waals surface area contributed by atoms with Crippen LogP contribution in [0.4, 0.5) is 17.2 Å². The molecule has 0 bridgehead atoms. The van der Waals surface area contributed by atoms with E-state index in [9.17, 15) is 9.59 Å². The zero-order valence-corrected chi connectivity index (χ0v) is 26.4. The summed E-state index contributed by atoms with van der Waals surface area (Å²) in [5, 5.41) is 6.33. The van der Waals surface area contributed by atoms with Gasteiger partial charge in [0, 0.05) is 62.0 Å². The van der Waals surface area contributed by atoms with Crippen LogP contribution in [0, 0.1) is 6.92 Å². The highest BCUT2D eigenvalue weighted by Crippen LogP contribution is 2.29. The van der Waals surface area contributed by atoms with E-state index in [0.29, 0.717) is 16.9 Å². The van der Waals surface area contributed by atoms with Crippen molar-refractivity contribution in [2.75, 3.05) is 43.5 Å². The van der Waals surface area contributed by atoms with Crippen molar-refractivity contribution in [2.45, 2.75) is 46.0 Å². The van der Waals surface area contributed by atoms with Crippen molar-refractivity contribution in [3.05, 3.63) is 106 Å². The fourth-order valence-electron chi connectivity index (χ4n) is 5.43. The van der Waals surface area contributed by atoms with E-state index in [1.807, 2.05) is 61.5 Å². The van der Waals surface area contributed by atoms with Crippen LogP contribution >= 0.6 is 0 Å². The van der Waals surface area contributed by atoms with Gasteiger partial charge in [0.2, 0.25) is 0 Å². The van der Waals surface area contributed by atoms with Crippen LogP contribution in [0.1, 0.15) is 54.2 Å². The summed E-state index contributed by atoms with van der Waals surface area (Å²) in [5.74, 6) is 0.0742. The van der Waals surface area contributed by atoms with Gasteiger partial charge < -0.3 is 24.8 Å². The molecule has 4 aromatic rings. The Morgan fingerprint density at radius 1 is 1.00 bits per heavy atom. The number of carbonyl (C=O) groups excluding carboxylic acids is 1. The molecule has 2 N–H and O–H groups in total. The normalized spacial score (nSPS) is 14.2. The second kappa shape index (κ2) is 13.6. The van der Waals surface area contributed by atoms with Crippen molar-refractivity contribution in [1.82, 2.24) is 14.5 Å². The van der Waals surface area contributed by atoms with Gasteiger partial charge in [-0.1, -0.05) is 57.2 Å². The minimum atomic E-state index is -0.218. The summed E-state index contributed by atoms with van der Waals surface area (Å²) in [6, 6.07) is 21.6. The van der Waals surface area contributed by atoms with Crippen molar-refractivity contribution in [3.63, 3.8) is 0 Å². The molecule has 1 aliphatic rings. The number of nitrogens with zero attached hydrogens (tertiary/aromatic N) is 3. The molecule has 0 unspecified atom stereocenters. The Kier molecular flexibility index (Phi) is 9.61. The highest BCUT2D eigenvalue weighted by atomic mass is 16.5. The topological polar surface area (TPSA) is 88.5 Å². The van der Waals surface area contributed by atoms with Crippen LogP contribution < -0.4 is 16.2 Å². The molecule has 44 heavy (non-hydrogen) atoms. The van der Waals surface area contributed by atoms with Gasteiger partial charge in [0.15, 0.2) is 5.82 Å². The first-order valence-electron chi connectivity index (χ1n) is 15.3. The Balaban J connectivity index is 1.33. The molecule has 5 rings (SSSR count). The highest BCUT2D eigenvalue weighted by molar-refractivity contribution is 6.05. The average Bonchev–Trinajstić information content (AvgIpc) is 3.28. The number of hydrogen-bond acceptors (Lipinski definition) is 6. The summed E-state index contributed by atoms with van der Waals surface area (Å²) >= 11 is 0. The predicted octanol–water partition coefficient (Wildman–Crippen LogP) is 6.31. The van der Waals surface area contributed by atoms with Crippen LogP contribution in [0.2, 0.25) is 0 Å². The van der Waals surface area contributed by atoms with E-state index < -0.39 is 0 Å². The van der Waals surface area contributed by atoms with Gasteiger partial charge in [0.25, 0.3) is 11.5 Å². The minimum absolute atomic E-state index is 0.0157. The second-order valence-electron chi connectivity index (χ2n) is 12.5. The van der Waals surface area contributed by atoms with Gasteiger partial charge in [-0.3, -0.25) is 9.59 Å². The van der Waals surface area contributed by atoms with Crippen molar-refractivity contribution in [3.8, 4) is 11.3 Å². The molecule has 0 saturated carbocycles. The molecule has 1 aromatic heterocycles. The van der Waals surface area contributed by atoms with Crippen LogP contribution in [-0.4, -0.2) is 53.2 Å². The first kappa shape index (κ1) is 31.2. The summed E-state index contributed by atoms with van der Waals surface area (Å²) < 4.78 is 7.12. The van der Waals surface area contributed by atoms with Gasteiger partial charge in [-0.05, 0) is 72.2 Å². The van der Waals surface area contributed by atoms with E-state index in [4.69, 9.17) is 9.72 Å². The minimum Gasteiger partial charge on any atom is -0.380 e. The lowest BCUT2D eigenvalue weighted by Gasteiger charge is -2.19.